The number of nitrogens with one attached hydrogen (secondary N) is 2. The van der Waals surface area contributed by atoms with Crippen molar-refractivity contribution in [1.82, 2.24) is 30.2 Å². The molecule has 0 saturated carbocycles. The van der Waals surface area contributed by atoms with Crippen molar-refractivity contribution in [1.29, 1.82) is 0 Å². The summed E-state index contributed by atoms with van der Waals surface area (Å²) in [4.78, 5) is 43.0. The zero-order valence-corrected chi connectivity index (χ0v) is 19.8. The SMILES string of the molecule is CC(C)(C)OC(=O)N1CCCC(c2ccc3nc(C(=O)c4ccnc(Br)c4)[nH]c3n2)NC1. The Labute approximate surface area is 194 Å². The molecule has 3 aromatic rings. The number of ether oxygens (including phenoxy) is 1. The minimum atomic E-state index is -0.530. The van der Waals surface area contributed by atoms with Crippen molar-refractivity contribution in [3.63, 3.8) is 0 Å². The van der Waals surface area contributed by atoms with Crippen molar-refractivity contribution < 1.29 is 14.3 Å². The molecule has 4 rings (SSSR count). The number of imidazole rings is 1. The van der Waals surface area contributed by atoms with Crippen LogP contribution in [0.4, 0.5) is 4.79 Å². The van der Waals surface area contributed by atoms with Gasteiger partial charge < -0.3 is 9.72 Å². The van der Waals surface area contributed by atoms with Crippen LogP contribution in [0.15, 0.2) is 35.1 Å². The molecule has 1 saturated heterocycles. The Balaban J connectivity index is 1.49. The molecule has 9 nitrogen and oxygen atoms in total. The maximum atomic E-state index is 12.8. The number of ketones is 1. The van der Waals surface area contributed by atoms with Gasteiger partial charge in [0.25, 0.3) is 0 Å². The predicted molar refractivity (Wildman–Crippen MR) is 122 cm³/mol. The summed E-state index contributed by atoms with van der Waals surface area (Å²) in [7, 11) is 0. The number of nitrogens with zero attached hydrogens (tertiary/aromatic N) is 4. The molecular formula is C22H25BrN6O3. The van der Waals surface area contributed by atoms with Crippen molar-refractivity contribution in [2.75, 3.05) is 13.2 Å². The van der Waals surface area contributed by atoms with Gasteiger partial charge in [0, 0.05) is 18.3 Å². The van der Waals surface area contributed by atoms with Gasteiger partial charge in [-0.2, -0.15) is 0 Å². The third-order valence-electron chi connectivity index (χ3n) is 5.03. The number of hydrogen-bond donors (Lipinski definition) is 2. The number of carbonyl (C=O) groups is 2. The largest absolute Gasteiger partial charge is 0.444 e. The topological polar surface area (TPSA) is 113 Å². The molecule has 1 fully saturated rings. The molecule has 1 aliphatic rings. The van der Waals surface area contributed by atoms with Crippen LogP contribution >= 0.6 is 15.9 Å². The Hall–Kier alpha value is -2.85. The molecule has 0 bridgehead atoms. The van der Waals surface area contributed by atoms with E-state index in [4.69, 9.17) is 9.72 Å². The lowest BCUT2D eigenvalue weighted by molar-refractivity contribution is 0.0244. The highest BCUT2D eigenvalue weighted by Crippen LogP contribution is 2.23. The summed E-state index contributed by atoms with van der Waals surface area (Å²) in [6.45, 7) is 6.56. The van der Waals surface area contributed by atoms with E-state index in [-0.39, 0.29) is 23.7 Å². The molecule has 0 spiro atoms. The summed E-state index contributed by atoms with van der Waals surface area (Å²) in [6.07, 6.45) is 2.88. The van der Waals surface area contributed by atoms with E-state index in [1.807, 2.05) is 32.9 Å². The fraction of sp³-hybridized carbons (Fsp3) is 0.409. The molecule has 3 aromatic heterocycles. The van der Waals surface area contributed by atoms with Crippen molar-refractivity contribution >= 4 is 39.0 Å². The molecule has 168 valence electrons. The van der Waals surface area contributed by atoms with E-state index in [9.17, 15) is 9.59 Å². The van der Waals surface area contributed by atoms with Gasteiger partial charge in [0.2, 0.25) is 5.78 Å². The summed E-state index contributed by atoms with van der Waals surface area (Å²) in [5.74, 6) is 0.000852. The highest BCUT2D eigenvalue weighted by atomic mass is 79.9. The number of fused-ring (bicyclic) bond motifs is 1. The van der Waals surface area contributed by atoms with E-state index < -0.39 is 5.60 Å². The Bertz CT molecular complexity index is 1160. The van der Waals surface area contributed by atoms with Gasteiger partial charge in [-0.05, 0) is 73.8 Å². The number of pyridine rings is 2. The molecule has 0 radical (unpaired) electrons. The maximum absolute atomic E-state index is 12.8. The first-order valence-corrected chi connectivity index (χ1v) is 11.2. The minimum Gasteiger partial charge on any atom is -0.444 e. The second-order valence-corrected chi connectivity index (χ2v) is 9.50. The Morgan fingerprint density at radius 3 is 2.78 bits per heavy atom. The van der Waals surface area contributed by atoms with Crippen molar-refractivity contribution in [3.8, 4) is 0 Å². The summed E-state index contributed by atoms with van der Waals surface area (Å²) in [6, 6.07) is 7.03. The highest BCUT2D eigenvalue weighted by molar-refractivity contribution is 9.10. The molecule has 1 amide bonds. The van der Waals surface area contributed by atoms with Crippen LogP contribution in [0.5, 0.6) is 0 Å². The zero-order valence-electron chi connectivity index (χ0n) is 18.2. The van der Waals surface area contributed by atoms with Gasteiger partial charge in [0.05, 0.1) is 18.4 Å². The van der Waals surface area contributed by atoms with Gasteiger partial charge in [-0.3, -0.25) is 15.0 Å². The molecule has 1 aliphatic heterocycles. The average molecular weight is 501 g/mol. The lowest BCUT2D eigenvalue weighted by Gasteiger charge is -2.26. The zero-order chi connectivity index (χ0) is 22.9. The first kappa shape index (κ1) is 22.3. The monoisotopic (exact) mass is 500 g/mol. The fourth-order valence-corrected chi connectivity index (χ4v) is 3.88. The third-order valence-corrected chi connectivity index (χ3v) is 5.46. The molecule has 10 heteroatoms. The number of amides is 1. The summed E-state index contributed by atoms with van der Waals surface area (Å²) < 4.78 is 6.06. The number of rotatable bonds is 3. The van der Waals surface area contributed by atoms with Crippen LogP contribution in [0, 0.1) is 0 Å². The molecule has 0 aliphatic carbocycles. The molecule has 32 heavy (non-hydrogen) atoms. The number of aromatic nitrogens is 4. The Morgan fingerprint density at radius 2 is 2.03 bits per heavy atom. The van der Waals surface area contributed by atoms with Crippen LogP contribution in [0.2, 0.25) is 0 Å². The quantitative estimate of drug-likeness (QED) is 0.413. The van der Waals surface area contributed by atoms with Crippen LogP contribution in [-0.4, -0.2) is 55.5 Å². The normalized spacial score (nSPS) is 17.2. The van der Waals surface area contributed by atoms with Crippen LogP contribution < -0.4 is 5.32 Å². The van der Waals surface area contributed by atoms with Crippen molar-refractivity contribution in [3.05, 3.63) is 52.1 Å². The predicted octanol–water partition coefficient (Wildman–Crippen LogP) is 3.97. The molecular weight excluding hydrogens is 476 g/mol. The van der Waals surface area contributed by atoms with E-state index in [1.54, 1.807) is 23.2 Å². The molecule has 2 N–H and O–H groups in total. The second-order valence-electron chi connectivity index (χ2n) is 8.69. The number of hydrogen-bond acceptors (Lipinski definition) is 7. The highest BCUT2D eigenvalue weighted by Gasteiger charge is 2.26. The van der Waals surface area contributed by atoms with E-state index >= 15 is 0 Å². The summed E-state index contributed by atoms with van der Waals surface area (Å²) in [5, 5.41) is 3.39. The molecule has 1 atom stereocenters. The Morgan fingerprint density at radius 1 is 1.22 bits per heavy atom. The first-order chi connectivity index (χ1) is 15.2. The van der Waals surface area contributed by atoms with Crippen molar-refractivity contribution in [2.45, 2.75) is 45.3 Å². The van der Waals surface area contributed by atoms with Gasteiger partial charge in [-0.15, -0.1) is 0 Å². The average Bonchev–Trinajstić information content (AvgIpc) is 2.99. The summed E-state index contributed by atoms with van der Waals surface area (Å²) >= 11 is 3.28. The second kappa shape index (κ2) is 8.95. The number of halogens is 1. The summed E-state index contributed by atoms with van der Waals surface area (Å²) in [5.41, 5.74) is 1.96. The lowest BCUT2D eigenvalue weighted by Crippen LogP contribution is -2.41. The van der Waals surface area contributed by atoms with Crippen LogP contribution in [-0.2, 0) is 4.74 Å². The van der Waals surface area contributed by atoms with Gasteiger partial charge in [0.15, 0.2) is 11.5 Å². The van der Waals surface area contributed by atoms with Gasteiger partial charge in [-0.1, -0.05) is 0 Å². The standard InChI is InChI=1S/C22H25BrN6O3/c1-22(2,3)32-21(31)29-10-4-5-14(25-12-29)15-6-7-16-19(26-15)28-20(27-16)18(30)13-8-9-24-17(23)11-13/h6-9,11,14,25H,4-5,10,12H2,1-3H3,(H,26,27,28). The lowest BCUT2D eigenvalue weighted by atomic mass is 10.1. The smallest absolute Gasteiger partial charge is 0.411 e. The fourth-order valence-electron chi connectivity index (χ4n) is 3.51. The first-order valence-electron chi connectivity index (χ1n) is 10.4. The van der Waals surface area contributed by atoms with E-state index in [1.165, 1.54) is 0 Å². The maximum Gasteiger partial charge on any atom is 0.411 e. The van der Waals surface area contributed by atoms with Crippen LogP contribution in [0.3, 0.4) is 0 Å². The third kappa shape index (κ3) is 5.13. The van der Waals surface area contributed by atoms with Crippen molar-refractivity contribution in [2.24, 2.45) is 0 Å². The molecule has 0 aromatic carbocycles. The molecule has 1 unspecified atom stereocenters. The van der Waals surface area contributed by atoms with E-state index in [0.717, 1.165) is 18.5 Å². The Kier molecular flexibility index (Phi) is 6.25. The van der Waals surface area contributed by atoms with E-state index in [0.29, 0.717) is 34.5 Å². The minimum absolute atomic E-state index is 0.0227. The van der Waals surface area contributed by atoms with Gasteiger partial charge >= 0.3 is 6.09 Å². The number of H-pyrrole nitrogens is 1. The van der Waals surface area contributed by atoms with E-state index in [2.05, 4.69) is 36.2 Å². The van der Waals surface area contributed by atoms with Crippen LogP contribution in [0.25, 0.3) is 11.2 Å². The van der Waals surface area contributed by atoms with Gasteiger partial charge in [-0.25, -0.2) is 19.7 Å². The number of aromatic amines is 1. The van der Waals surface area contributed by atoms with Crippen LogP contribution in [0.1, 0.15) is 61.5 Å². The van der Waals surface area contributed by atoms with Gasteiger partial charge in [0.1, 0.15) is 15.7 Å². The number of carbonyl (C=O) groups excluding carboxylic acids is 2. The molecule has 4 heterocycles.